The molecule has 0 heterocycles. The van der Waals surface area contributed by atoms with Gasteiger partial charge in [0.05, 0.1) is 6.61 Å². The van der Waals surface area contributed by atoms with E-state index in [9.17, 15) is 13.2 Å². The highest BCUT2D eigenvalue weighted by Gasteiger charge is 2.23. The van der Waals surface area contributed by atoms with Crippen molar-refractivity contribution in [3.05, 3.63) is 101 Å². The van der Waals surface area contributed by atoms with Crippen molar-refractivity contribution in [3.63, 3.8) is 0 Å². The van der Waals surface area contributed by atoms with Crippen molar-refractivity contribution in [1.29, 1.82) is 0 Å². The van der Waals surface area contributed by atoms with Gasteiger partial charge in [-0.15, -0.1) is 0 Å². The van der Waals surface area contributed by atoms with Gasteiger partial charge in [0.15, 0.2) is 11.5 Å². The summed E-state index contributed by atoms with van der Waals surface area (Å²) in [5.41, 5.74) is 4.58. The third kappa shape index (κ3) is 6.27. The first-order chi connectivity index (χ1) is 17.1. The van der Waals surface area contributed by atoms with Crippen LogP contribution in [0.25, 0.3) is 6.08 Å². The lowest BCUT2D eigenvalue weighted by Crippen LogP contribution is -2.12. The van der Waals surface area contributed by atoms with Crippen molar-refractivity contribution < 1.29 is 22.6 Å². The van der Waals surface area contributed by atoms with Crippen molar-refractivity contribution in [2.75, 3.05) is 13.3 Å². The van der Waals surface area contributed by atoms with E-state index in [-0.39, 0.29) is 24.7 Å². The van der Waals surface area contributed by atoms with Crippen LogP contribution in [-0.4, -0.2) is 13.3 Å². The predicted molar refractivity (Wildman–Crippen MR) is 134 cm³/mol. The molecule has 5 heteroatoms. The van der Waals surface area contributed by atoms with Crippen molar-refractivity contribution >= 4 is 6.08 Å². The highest BCUT2D eigenvalue weighted by molar-refractivity contribution is 5.50. The van der Waals surface area contributed by atoms with E-state index in [0.717, 1.165) is 36.8 Å². The third-order valence-corrected chi connectivity index (χ3v) is 6.69. The molecule has 0 saturated heterocycles. The van der Waals surface area contributed by atoms with Crippen LogP contribution in [0.4, 0.5) is 13.2 Å². The van der Waals surface area contributed by atoms with Crippen molar-refractivity contribution in [1.82, 2.24) is 0 Å². The number of ether oxygens (including phenoxy) is 2. The molecular weight excluding hydrogens is 449 g/mol. The number of alkyl halides is 1. The Kier molecular flexibility index (Phi) is 8.51. The van der Waals surface area contributed by atoms with Gasteiger partial charge in [-0.3, -0.25) is 0 Å². The maximum Gasteiger partial charge on any atom is 0.204 e. The second kappa shape index (κ2) is 12.0. The van der Waals surface area contributed by atoms with Gasteiger partial charge < -0.3 is 9.47 Å². The Labute approximate surface area is 205 Å². The van der Waals surface area contributed by atoms with Crippen LogP contribution in [0.3, 0.4) is 0 Å². The lowest BCUT2D eigenvalue weighted by Gasteiger charge is -2.29. The van der Waals surface area contributed by atoms with Gasteiger partial charge in [0.1, 0.15) is 13.3 Å². The van der Waals surface area contributed by atoms with Crippen molar-refractivity contribution in [3.8, 4) is 11.5 Å². The summed E-state index contributed by atoms with van der Waals surface area (Å²) in [6.45, 7) is 1.69. The number of rotatable bonds is 9. The van der Waals surface area contributed by atoms with E-state index in [1.165, 1.54) is 29.3 Å². The van der Waals surface area contributed by atoms with Crippen molar-refractivity contribution in [2.45, 2.75) is 51.0 Å². The van der Waals surface area contributed by atoms with E-state index < -0.39 is 18.3 Å². The monoisotopic (exact) mass is 480 g/mol. The molecule has 0 bridgehead atoms. The minimum absolute atomic E-state index is 0.112. The fraction of sp³-hybridized carbons (Fsp3) is 0.333. The molecule has 3 aromatic carbocycles. The average Bonchev–Trinajstić information content (AvgIpc) is 2.90. The minimum atomic E-state index is -1.03. The van der Waals surface area contributed by atoms with Gasteiger partial charge >= 0.3 is 0 Å². The maximum atomic E-state index is 14.2. The number of hydrogen-bond donors (Lipinski definition) is 0. The molecule has 0 spiro atoms. The Morgan fingerprint density at radius 1 is 0.743 bits per heavy atom. The van der Waals surface area contributed by atoms with Gasteiger partial charge in [0.25, 0.3) is 0 Å². The Morgan fingerprint density at radius 2 is 1.26 bits per heavy atom. The van der Waals surface area contributed by atoms with E-state index >= 15 is 0 Å². The van der Waals surface area contributed by atoms with E-state index in [0.29, 0.717) is 11.8 Å². The summed E-state index contributed by atoms with van der Waals surface area (Å²) >= 11 is 0. The van der Waals surface area contributed by atoms with Crippen molar-refractivity contribution in [2.24, 2.45) is 0 Å². The molecule has 0 aromatic heterocycles. The molecule has 1 aliphatic rings. The molecule has 0 N–H and O–H groups in total. The second-order valence-corrected chi connectivity index (χ2v) is 8.92. The van der Waals surface area contributed by atoms with Crippen LogP contribution in [0, 0.1) is 11.6 Å². The summed E-state index contributed by atoms with van der Waals surface area (Å²) in [7, 11) is 0. The molecule has 0 aliphatic heterocycles. The highest BCUT2D eigenvalue weighted by Crippen LogP contribution is 2.40. The molecule has 184 valence electrons. The molecule has 0 atom stereocenters. The first kappa shape index (κ1) is 24.9. The van der Waals surface area contributed by atoms with E-state index in [1.54, 1.807) is 6.92 Å². The zero-order valence-corrected chi connectivity index (χ0v) is 20.0. The van der Waals surface area contributed by atoms with Crippen LogP contribution in [-0.2, 0) is 6.61 Å². The van der Waals surface area contributed by atoms with Gasteiger partial charge in [0, 0.05) is 0 Å². The predicted octanol–water partition coefficient (Wildman–Crippen LogP) is 8.37. The summed E-state index contributed by atoms with van der Waals surface area (Å²) in [5, 5.41) is 0. The standard InChI is InChI=1S/C30H31F3O2/c1-2-34-27-17-18-28(30(33)29(27)32)35-20-22-7-11-24(12-8-22)26-15-13-25(14-16-26)23-9-5-21(6-10-23)4-3-19-31/h3-12,17-18,25-26H,2,13-16,19-20H2,1H3. The van der Waals surface area contributed by atoms with Crippen LogP contribution < -0.4 is 9.47 Å². The molecule has 0 amide bonds. The highest BCUT2D eigenvalue weighted by atomic mass is 19.2. The molecule has 0 radical (unpaired) electrons. The Morgan fingerprint density at radius 3 is 1.77 bits per heavy atom. The Hall–Kier alpha value is -3.21. The lowest BCUT2D eigenvalue weighted by molar-refractivity contribution is 0.274. The normalized spacial score (nSPS) is 18.1. The van der Waals surface area contributed by atoms with Gasteiger partial charge in [0.2, 0.25) is 11.6 Å². The number of hydrogen-bond acceptors (Lipinski definition) is 2. The van der Waals surface area contributed by atoms with E-state index in [1.807, 2.05) is 18.2 Å². The molecule has 1 aliphatic carbocycles. The average molecular weight is 481 g/mol. The van der Waals surface area contributed by atoms with Crippen LogP contribution in [0.1, 0.15) is 66.7 Å². The smallest absolute Gasteiger partial charge is 0.204 e. The van der Waals surface area contributed by atoms with E-state index in [2.05, 4.69) is 36.4 Å². The molecule has 4 rings (SSSR count). The summed E-state index contributed by atoms with van der Waals surface area (Å²) in [4.78, 5) is 0. The maximum absolute atomic E-state index is 14.2. The molecule has 2 nitrogen and oxygen atoms in total. The molecule has 35 heavy (non-hydrogen) atoms. The number of allylic oxidation sites excluding steroid dienone is 1. The van der Waals surface area contributed by atoms with Crippen LogP contribution in [0.15, 0.2) is 66.7 Å². The lowest BCUT2D eigenvalue weighted by atomic mass is 9.76. The summed E-state index contributed by atoms with van der Waals surface area (Å²) in [6, 6.07) is 19.4. The van der Waals surface area contributed by atoms with Gasteiger partial charge in [-0.25, -0.2) is 4.39 Å². The van der Waals surface area contributed by atoms with Crippen LogP contribution >= 0.6 is 0 Å². The fourth-order valence-electron chi connectivity index (χ4n) is 4.76. The minimum Gasteiger partial charge on any atom is -0.491 e. The first-order valence-electron chi connectivity index (χ1n) is 12.2. The largest absolute Gasteiger partial charge is 0.491 e. The van der Waals surface area contributed by atoms with Crippen LogP contribution in [0.2, 0.25) is 0 Å². The zero-order valence-electron chi connectivity index (χ0n) is 20.0. The summed E-state index contributed by atoms with van der Waals surface area (Å²) in [5.74, 6) is -1.22. The van der Waals surface area contributed by atoms with Gasteiger partial charge in [-0.2, -0.15) is 8.78 Å². The molecule has 1 fully saturated rings. The van der Waals surface area contributed by atoms with Gasteiger partial charge in [-0.1, -0.05) is 60.7 Å². The first-order valence-corrected chi connectivity index (χ1v) is 12.2. The molecule has 1 saturated carbocycles. The number of benzene rings is 3. The summed E-state index contributed by atoms with van der Waals surface area (Å²) < 4.78 is 51.1. The molecule has 3 aromatic rings. The fourth-order valence-corrected chi connectivity index (χ4v) is 4.76. The SMILES string of the molecule is CCOc1ccc(OCc2ccc(C3CCC(c4ccc(C=CCF)cc4)CC3)cc2)c(F)c1F. The molecular formula is C30H31F3O2. The zero-order chi connectivity index (χ0) is 24.6. The third-order valence-electron chi connectivity index (χ3n) is 6.69. The molecule has 0 unspecified atom stereocenters. The second-order valence-electron chi connectivity index (χ2n) is 8.92. The summed E-state index contributed by atoms with van der Waals surface area (Å²) in [6.07, 6.45) is 7.86. The topological polar surface area (TPSA) is 18.5 Å². The van der Waals surface area contributed by atoms with E-state index in [4.69, 9.17) is 9.47 Å². The quantitative estimate of drug-likeness (QED) is 0.306. The van der Waals surface area contributed by atoms with Gasteiger partial charge in [-0.05, 0) is 78.8 Å². The van der Waals surface area contributed by atoms with Crippen LogP contribution in [0.5, 0.6) is 11.5 Å². The Balaban J connectivity index is 1.30. The number of halogens is 3. The Bertz CT molecular complexity index is 1120.